The summed E-state index contributed by atoms with van der Waals surface area (Å²) in [4.78, 5) is 0. The first-order valence-corrected chi connectivity index (χ1v) is 8.88. The minimum atomic E-state index is 0.488. The SMILES string of the molecule is Cc1ccc(COc2ccc(C=NNc3ccc(Cl)c(Cl)c3)cc2)cc1. The molecule has 0 aliphatic heterocycles. The van der Waals surface area contributed by atoms with Gasteiger partial charge in [0.1, 0.15) is 12.4 Å². The minimum absolute atomic E-state index is 0.488. The van der Waals surface area contributed by atoms with Crippen molar-refractivity contribution in [2.45, 2.75) is 13.5 Å². The van der Waals surface area contributed by atoms with Gasteiger partial charge in [-0.25, -0.2) is 0 Å². The van der Waals surface area contributed by atoms with Crippen molar-refractivity contribution in [1.82, 2.24) is 0 Å². The topological polar surface area (TPSA) is 33.6 Å². The third kappa shape index (κ3) is 5.25. The van der Waals surface area contributed by atoms with E-state index in [-0.39, 0.29) is 0 Å². The number of hydrazone groups is 1. The standard InChI is InChI=1S/C21H18Cl2N2O/c1-15-2-4-17(5-3-15)14-26-19-9-6-16(7-10-19)13-24-25-18-8-11-20(22)21(23)12-18/h2-13,25H,14H2,1H3. The van der Waals surface area contributed by atoms with Gasteiger partial charge in [0.05, 0.1) is 21.9 Å². The predicted octanol–water partition coefficient (Wildman–Crippen LogP) is 6.33. The van der Waals surface area contributed by atoms with Crippen molar-refractivity contribution in [1.29, 1.82) is 0 Å². The number of ether oxygens (including phenoxy) is 1. The Morgan fingerprint density at radius 1 is 0.923 bits per heavy atom. The Morgan fingerprint density at radius 3 is 2.35 bits per heavy atom. The molecule has 0 aliphatic rings. The monoisotopic (exact) mass is 384 g/mol. The lowest BCUT2D eigenvalue weighted by Crippen LogP contribution is -1.95. The molecule has 3 nitrogen and oxygen atoms in total. The molecule has 132 valence electrons. The molecular formula is C21H18Cl2N2O. The highest BCUT2D eigenvalue weighted by atomic mass is 35.5. The zero-order chi connectivity index (χ0) is 18.4. The van der Waals surface area contributed by atoms with E-state index >= 15 is 0 Å². The van der Waals surface area contributed by atoms with Gasteiger partial charge in [0.15, 0.2) is 0 Å². The van der Waals surface area contributed by atoms with E-state index in [4.69, 9.17) is 27.9 Å². The molecule has 0 atom stereocenters. The number of nitrogens with zero attached hydrogens (tertiary/aromatic N) is 1. The summed E-state index contributed by atoms with van der Waals surface area (Å²) in [6, 6.07) is 21.3. The Labute approximate surface area is 163 Å². The lowest BCUT2D eigenvalue weighted by Gasteiger charge is -2.07. The molecule has 0 heterocycles. The Balaban J connectivity index is 1.53. The zero-order valence-corrected chi connectivity index (χ0v) is 15.8. The van der Waals surface area contributed by atoms with Crippen LogP contribution >= 0.6 is 23.2 Å². The first kappa shape index (κ1) is 18.3. The van der Waals surface area contributed by atoms with Gasteiger partial charge in [-0.3, -0.25) is 5.43 Å². The van der Waals surface area contributed by atoms with Crippen LogP contribution in [0.15, 0.2) is 71.8 Å². The Morgan fingerprint density at radius 2 is 1.65 bits per heavy atom. The number of aryl methyl sites for hydroxylation is 1. The number of benzene rings is 3. The Bertz CT molecular complexity index is 891. The molecule has 3 aromatic carbocycles. The van der Waals surface area contributed by atoms with E-state index in [2.05, 4.69) is 41.7 Å². The van der Waals surface area contributed by atoms with Gasteiger partial charge >= 0.3 is 0 Å². The molecule has 3 rings (SSSR count). The van der Waals surface area contributed by atoms with Crippen molar-refractivity contribution in [3.63, 3.8) is 0 Å². The fraction of sp³-hybridized carbons (Fsp3) is 0.0952. The van der Waals surface area contributed by atoms with Crippen molar-refractivity contribution >= 4 is 35.1 Å². The van der Waals surface area contributed by atoms with Crippen LogP contribution in [0.2, 0.25) is 10.0 Å². The predicted molar refractivity (Wildman–Crippen MR) is 110 cm³/mol. The van der Waals surface area contributed by atoms with Crippen molar-refractivity contribution < 1.29 is 4.74 Å². The van der Waals surface area contributed by atoms with Crippen LogP contribution in [0, 0.1) is 6.92 Å². The maximum atomic E-state index is 5.97. The van der Waals surface area contributed by atoms with Crippen LogP contribution in [-0.4, -0.2) is 6.21 Å². The van der Waals surface area contributed by atoms with Gasteiger partial charge in [-0.05, 0) is 60.5 Å². The highest BCUT2D eigenvalue weighted by Gasteiger charge is 1.99. The quantitative estimate of drug-likeness (QED) is 0.398. The number of hydrogen-bond acceptors (Lipinski definition) is 3. The van der Waals surface area contributed by atoms with E-state index in [0.29, 0.717) is 16.7 Å². The number of halogens is 2. The van der Waals surface area contributed by atoms with E-state index in [1.807, 2.05) is 30.3 Å². The van der Waals surface area contributed by atoms with Crippen LogP contribution in [0.25, 0.3) is 0 Å². The van der Waals surface area contributed by atoms with Crippen molar-refractivity contribution in [3.8, 4) is 5.75 Å². The first-order valence-electron chi connectivity index (χ1n) is 8.13. The van der Waals surface area contributed by atoms with Gasteiger partial charge in [-0.1, -0.05) is 53.0 Å². The summed E-state index contributed by atoms with van der Waals surface area (Å²) in [6.45, 7) is 2.62. The maximum Gasteiger partial charge on any atom is 0.119 e. The molecule has 0 aliphatic carbocycles. The summed E-state index contributed by atoms with van der Waals surface area (Å²) in [7, 11) is 0. The molecular weight excluding hydrogens is 367 g/mol. The van der Waals surface area contributed by atoms with Gasteiger partial charge < -0.3 is 4.74 Å². The van der Waals surface area contributed by atoms with Crippen molar-refractivity contribution in [3.05, 3.63) is 93.5 Å². The Hall–Kier alpha value is -2.49. The van der Waals surface area contributed by atoms with Gasteiger partial charge in [0, 0.05) is 0 Å². The average molecular weight is 385 g/mol. The summed E-state index contributed by atoms with van der Waals surface area (Å²) in [5.41, 5.74) is 7.04. The van der Waals surface area contributed by atoms with Gasteiger partial charge in [0.2, 0.25) is 0 Å². The van der Waals surface area contributed by atoms with E-state index in [1.54, 1.807) is 18.3 Å². The molecule has 0 bridgehead atoms. The lowest BCUT2D eigenvalue weighted by molar-refractivity contribution is 0.306. The molecule has 0 fully saturated rings. The molecule has 3 aromatic rings. The summed E-state index contributed by atoms with van der Waals surface area (Å²) in [6.07, 6.45) is 1.73. The van der Waals surface area contributed by atoms with Gasteiger partial charge in [0.25, 0.3) is 0 Å². The molecule has 0 spiro atoms. The van der Waals surface area contributed by atoms with Crippen LogP contribution < -0.4 is 10.2 Å². The van der Waals surface area contributed by atoms with Crippen molar-refractivity contribution in [2.75, 3.05) is 5.43 Å². The average Bonchev–Trinajstić information content (AvgIpc) is 2.65. The second-order valence-corrected chi connectivity index (χ2v) is 6.66. The molecule has 26 heavy (non-hydrogen) atoms. The third-order valence-corrected chi connectivity index (χ3v) is 4.47. The van der Waals surface area contributed by atoms with Crippen LogP contribution in [0.4, 0.5) is 5.69 Å². The summed E-state index contributed by atoms with van der Waals surface area (Å²) in [5.74, 6) is 0.820. The third-order valence-electron chi connectivity index (χ3n) is 3.73. The summed E-state index contributed by atoms with van der Waals surface area (Å²) < 4.78 is 5.80. The summed E-state index contributed by atoms with van der Waals surface area (Å²) >= 11 is 11.9. The van der Waals surface area contributed by atoms with E-state index in [1.165, 1.54) is 5.56 Å². The normalized spacial score (nSPS) is 10.9. The number of rotatable bonds is 6. The molecule has 0 aromatic heterocycles. The number of anilines is 1. The van der Waals surface area contributed by atoms with Crippen LogP contribution in [0.5, 0.6) is 5.75 Å². The van der Waals surface area contributed by atoms with Crippen LogP contribution in [0.3, 0.4) is 0 Å². The van der Waals surface area contributed by atoms with Crippen LogP contribution in [0.1, 0.15) is 16.7 Å². The van der Waals surface area contributed by atoms with Gasteiger partial charge in [-0.15, -0.1) is 0 Å². The smallest absolute Gasteiger partial charge is 0.119 e. The fourth-order valence-electron chi connectivity index (χ4n) is 2.25. The largest absolute Gasteiger partial charge is 0.489 e. The highest BCUT2D eigenvalue weighted by molar-refractivity contribution is 6.42. The van der Waals surface area contributed by atoms with Gasteiger partial charge in [-0.2, -0.15) is 5.10 Å². The molecule has 1 N–H and O–H groups in total. The second-order valence-electron chi connectivity index (χ2n) is 5.84. The molecule has 5 heteroatoms. The Kier molecular flexibility index (Phi) is 6.16. The number of hydrogen-bond donors (Lipinski definition) is 1. The molecule has 0 saturated heterocycles. The van der Waals surface area contributed by atoms with E-state index in [0.717, 1.165) is 22.6 Å². The van der Waals surface area contributed by atoms with Crippen LogP contribution in [-0.2, 0) is 6.61 Å². The minimum Gasteiger partial charge on any atom is -0.489 e. The fourth-order valence-corrected chi connectivity index (χ4v) is 2.55. The highest BCUT2D eigenvalue weighted by Crippen LogP contribution is 2.25. The molecule has 0 saturated carbocycles. The number of nitrogens with one attached hydrogen (secondary N) is 1. The van der Waals surface area contributed by atoms with E-state index < -0.39 is 0 Å². The van der Waals surface area contributed by atoms with E-state index in [9.17, 15) is 0 Å². The summed E-state index contributed by atoms with van der Waals surface area (Å²) in [5, 5.41) is 5.20. The zero-order valence-electron chi connectivity index (χ0n) is 14.2. The molecule has 0 radical (unpaired) electrons. The lowest BCUT2D eigenvalue weighted by atomic mass is 10.2. The maximum absolute atomic E-state index is 5.97. The second kappa shape index (κ2) is 8.75. The molecule has 0 amide bonds. The first-order chi connectivity index (χ1) is 12.6. The molecule has 0 unspecified atom stereocenters. The van der Waals surface area contributed by atoms with Crippen molar-refractivity contribution in [2.24, 2.45) is 5.10 Å².